The molecule has 1 aliphatic carbocycles. The van der Waals surface area contributed by atoms with Gasteiger partial charge >= 0.3 is 0 Å². The van der Waals surface area contributed by atoms with E-state index in [0.717, 1.165) is 50.3 Å². The van der Waals surface area contributed by atoms with E-state index in [1.165, 1.54) is 24.1 Å². The molecule has 2 aromatic heterocycles. The van der Waals surface area contributed by atoms with Crippen LogP contribution >= 0.6 is 0 Å². The smallest absolute Gasteiger partial charge is 0.261 e. The average molecular weight is 406 g/mol. The predicted molar refractivity (Wildman–Crippen MR) is 116 cm³/mol. The van der Waals surface area contributed by atoms with E-state index >= 15 is 0 Å². The zero-order valence-corrected chi connectivity index (χ0v) is 17.1. The second-order valence-electron chi connectivity index (χ2n) is 8.20. The number of hydrogen-bond acceptors (Lipinski definition) is 6. The minimum Gasteiger partial charge on any atom is -0.395 e. The number of hydrogen-bond donors (Lipinski definition) is 1. The predicted octanol–water partition coefficient (Wildman–Crippen LogP) is 2.79. The molecule has 1 unspecified atom stereocenters. The molecular weight excluding hydrogens is 378 g/mol. The maximum absolute atomic E-state index is 13.2. The molecule has 0 spiro atoms. The highest BCUT2D eigenvalue weighted by Gasteiger charge is 2.33. The zero-order valence-electron chi connectivity index (χ0n) is 17.1. The third-order valence-electron chi connectivity index (χ3n) is 6.39. The van der Waals surface area contributed by atoms with Crippen LogP contribution in [0.4, 0.5) is 5.82 Å². The van der Waals surface area contributed by atoms with Gasteiger partial charge in [0, 0.05) is 17.8 Å². The lowest BCUT2D eigenvalue weighted by Crippen LogP contribution is -2.34. The molecule has 1 N–H and O–H groups in total. The van der Waals surface area contributed by atoms with E-state index < -0.39 is 0 Å². The van der Waals surface area contributed by atoms with Crippen LogP contribution < -0.4 is 10.5 Å². The molecule has 2 aliphatic rings. The molecule has 0 bridgehead atoms. The Morgan fingerprint density at radius 1 is 1.07 bits per heavy atom. The molecule has 3 heterocycles. The number of benzene rings is 1. The lowest BCUT2D eigenvalue weighted by atomic mass is 10.1. The third-order valence-corrected chi connectivity index (χ3v) is 6.39. The number of rotatable bonds is 4. The maximum Gasteiger partial charge on any atom is 0.261 e. The number of aryl methyl sites for hydroxylation is 1. The van der Waals surface area contributed by atoms with Gasteiger partial charge in [-0.3, -0.25) is 9.36 Å². The zero-order chi connectivity index (χ0) is 20.5. The quantitative estimate of drug-likeness (QED) is 0.672. The Hall–Kier alpha value is -2.80. The Kier molecular flexibility index (Phi) is 5.21. The van der Waals surface area contributed by atoms with Crippen LogP contribution in [0.1, 0.15) is 55.2 Å². The van der Waals surface area contributed by atoms with Crippen molar-refractivity contribution >= 4 is 16.7 Å². The van der Waals surface area contributed by atoms with Crippen molar-refractivity contribution in [3.05, 3.63) is 58.0 Å². The number of para-hydroxylation sites is 1. The van der Waals surface area contributed by atoms with Crippen LogP contribution in [0.5, 0.6) is 0 Å². The van der Waals surface area contributed by atoms with Gasteiger partial charge in [0.1, 0.15) is 18.0 Å². The minimum absolute atomic E-state index is 0.0314. The topological polar surface area (TPSA) is 84.1 Å². The largest absolute Gasteiger partial charge is 0.395 e. The molecule has 1 aliphatic heterocycles. The Balaban J connectivity index is 1.64. The molecule has 1 fully saturated rings. The van der Waals surface area contributed by atoms with Crippen LogP contribution in [0.25, 0.3) is 10.9 Å². The molecule has 0 saturated carbocycles. The molecule has 7 nitrogen and oxygen atoms in total. The summed E-state index contributed by atoms with van der Waals surface area (Å²) in [5, 5.41) is 10.2. The van der Waals surface area contributed by atoms with Crippen LogP contribution in [-0.2, 0) is 19.4 Å². The Labute approximate surface area is 175 Å². The van der Waals surface area contributed by atoms with E-state index in [0.29, 0.717) is 10.9 Å². The summed E-state index contributed by atoms with van der Waals surface area (Å²) < 4.78 is 1.66. The van der Waals surface area contributed by atoms with Crippen LogP contribution in [0.2, 0.25) is 0 Å². The van der Waals surface area contributed by atoms with E-state index in [9.17, 15) is 9.90 Å². The van der Waals surface area contributed by atoms with Gasteiger partial charge in [-0.1, -0.05) is 18.6 Å². The van der Waals surface area contributed by atoms with Gasteiger partial charge in [0.15, 0.2) is 0 Å². The van der Waals surface area contributed by atoms with Gasteiger partial charge in [0.25, 0.3) is 5.56 Å². The minimum atomic E-state index is -0.0947. The standard InChI is InChI=1S/C23H27N5O2/c29-14-13-28-22(26-19-10-5-4-8-17(19)23(28)30)20-11-6-12-27(20)21-16-7-2-1-3-9-18(16)24-15-25-21/h4-5,8,10,15,20,29H,1-3,6-7,9,11-14H2. The van der Waals surface area contributed by atoms with Crippen LogP contribution in [0, 0.1) is 0 Å². The van der Waals surface area contributed by atoms with Crippen molar-refractivity contribution in [2.75, 3.05) is 18.1 Å². The first-order valence-corrected chi connectivity index (χ1v) is 11.0. The van der Waals surface area contributed by atoms with Crippen LogP contribution in [0.3, 0.4) is 0 Å². The summed E-state index contributed by atoms with van der Waals surface area (Å²) in [5.41, 5.74) is 3.05. The van der Waals surface area contributed by atoms with Gasteiger partial charge in [-0.2, -0.15) is 0 Å². The number of anilines is 1. The van der Waals surface area contributed by atoms with Crippen molar-refractivity contribution in [1.82, 2.24) is 19.5 Å². The lowest BCUT2D eigenvalue weighted by Gasteiger charge is -2.29. The van der Waals surface area contributed by atoms with Gasteiger partial charge in [0.05, 0.1) is 30.1 Å². The Bertz CT molecular complexity index is 1130. The van der Waals surface area contributed by atoms with E-state index in [1.807, 2.05) is 18.2 Å². The Morgan fingerprint density at radius 3 is 2.83 bits per heavy atom. The van der Waals surface area contributed by atoms with E-state index in [2.05, 4.69) is 9.88 Å². The molecule has 1 aromatic carbocycles. The van der Waals surface area contributed by atoms with Gasteiger partial charge in [-0.05, 0) is 50.7 Å². The molecule has 0 radical (unpaired) electrons. The van der Waals surface area contributed by atoms with E-state index in [-0.39, 0.29) is 24.8 Å². The fraction of sp³-hybridized carbons (Fsp3) is 0.478. The molecule has 1 saturated heterocycles. The normalized spacial score (nSPS) is 19.1. The van der Waals surface area contributed by atoms with Gasteiger partial charge in [-0.25, -0.2) is 15.0 Å². The maximum atomic E-state index is 13.2. The summed E-state index contributed by atoms with van der Waals surface area (Å²) in [6.07, 6.45) is 9.19. The average Bonchev–Trinajstić information content (AvgIpc) is 3.12. The summed E-state index contributed by atoms with van der Waals surface area (Å²) in [6, 6.07) is 7.42. The van der Waals surface area contributed by atoms with E-state index in [1.54, 1.807) is 17.0 Å². The van der Waals surface area contributed by atoms with Gasteiger partial charge in [-0.15, -0.1) is 0 Å². The highest BCUT2D eigenvalue weighted by atomic mass is 16.3. The molecule has 0 amide bonds. The molecule has 5 rings (SSSR count). The molecule has 156 valence electrons. The number of nitrogens with zero attached hydrogens (tertiary/aromatic N) is 5. The molecule has 7 heteroatoms. The molecule has 30 heavy (non-hydrogen) atoms. The fourth-order valence-electron chi connectivity index (χ4n) is 4.97. The van der Waals surface area contributed by atoms with Crippen molar-refractivity contribution in [3.8, 4) is 0 Å². The van der Waals surface area contributed by atoms with Crippen molar-refractivity contribution in [1.29, 1.82) is 0 Å². The molecule has 1 atom stereocenters. The molecular formula is C23H27N5O2. The Morgan fingerprint density at radius 2 is 1.93 bits per heavy atom. The summed E-state index contributed by atoms with van der Waals surface area (Å²) >= 11 is 0. The van der Waals surface area contributed by atoms with Crippen molar-refractivity contribution < 1.29 is 5.11 Å². The first-order valence-electron chi connectivity index (χ1n) is 11.0. The van der Waals surface area contributed by atoms with Gasteiger partial charge in [0.2, 0.25) is 0 Å². The molecule has 3 aromatic rings. The first kappa shape index (κ1) is 19.2. The first-order chi connectivity index (χ1) is 14.8. The van der Waals surface area contributed by atoms with Crippen molar-refractivity contribution in [2.24, 2.45) is 0 Å². The monoisotopic (exact) mass is 405 g/mol. The van der Waals surface area contributed by atoms with Crippen molar-refractivity contribution in [2.45, 2.75) is 57.5 Å². The van der Waals surface area contributed by atoms with Gasteiger partial charge < -0.3 is 10.0 Å². The second-order valence-corrected chi connectivity index (χ2v) is 8.20. The third kappa shape index (κ3) is 3.27. The summed E-state index contributed by atoms with van der Waals surface area (Å²) in [4.78, 5) is 29.7. The highest BCUT2D eigenvalue weighted by molar-refractivity contribution is 5.77. The number of aliphatic hydroxyl groups excluding tert-OH is 1. The summed E-state index contributed by atoms with van der Waals surface area (Å²) in [6.45, 7) is 1.04. The lowest BCUT2D eigenvalue weighted by molar-refractivity contribution is 0.270. The number of aliphatic hydroxyl groups is 1. The fourth-order valence-corrected chi connectivity index (χ4v) is 4.97. The highest BCUT2D eigenvalue weighted by Crippen LogP contribution is 2.37. The van der Waals surface area contributed by atoms with E-state index in [4.69, 9.17) is 9.97 Å². The summed E-state index contributed by atoms with van der Waals surface area (Å²) in [7, 11) is 0. The van der Waals surface area contributed by atoms with Crippen LogP contribution in [0.15, 0.2) is 35.4 Å². The van der Waals surface area contributed by atoms with Crippen LogP contribution in [-0.4, -0.2) is 37.8 Å². The SMILES string of the molecule is O=c1c2ccccc2nc(C2CCCN2c2ncnc3c2CCCCC3)n1CCO. The van der Waals surface area contributed by atoms with Crippen molar-refractivity contribution in [3.63, 3.8) is 0 Å². The number of aromatic nitrogens is 4. The second kappa shape index (κ2) is 8.14. The summed E-state index contributed by atoms with van der Waals surface area (Å²) in [5.74, 6) is 1.73. The number of fused-ring (bicyclic) bond motifs is 2.